The zero-order valence-corrected chi connectivity index (χ0v) is 35.4. The number of ether oxygens (including phenoxy) is 1. The Bertz CT molecular complexity index is 1900. The lowest BCUT2D eigenvalue weighted by atomic mass is 9.87. The lowest BCUT2D eigenvalue weighted by Crippen LogP contribution is -2.46. The molecule has 0 saturated carbocycles. The van der Waals surface area contributed by atoms with E-state index in [0.717, 1.165) is 29.0 Å². The van der Waals surface area contributed by atoms with Crippen molar-refractivity contribution >= 4 is 69.1 Å². The second-order valence-electron chi connectivity index (χ2n) is 14.6. The Morgan fingerprint density at radius 2 is 1.76 bits per heavy atom. The number of aliphatic hydroxyl groups excluding tert-OH is 3. The summed E-state index contributed by atoms with van der Waals surface area (Å²) >= 11 is 0.953. The summed E-state index contributed by atoms with van der Waals surface area (Å²) in [5, 5.41) is 36.1. The van der Waals surface area contributed by atoms with Gasteiger partial charge in [0, 0.05) is 37.1 Å². The molecular weight excluding hydrogens is 861 g/mol. The Balaban J connectivity index is 1.46. The van der Waals surface area contributed by atoms with E-state index in [9.17, 15) is 63.0 Å². The number of hydrogen-bond acceptors (Lipinski definition) is 20. The van der Waals surface area contributed by atoms with Gasteiger partial charge in [-0.25, -0.2) is 28.4 Å². The molecule has 1 aliphatic rings. The summed E-state index contributed by atoms with van der Waals surface area (Å²) in [5.41, 5.74) is 4.17. The highest BCUT2D eigenvalue weighted by Crippen LogP contribution is 2.59. The van der Waals surface area contributed by atoms with Gasteiger partial charge < -0.3 is 65.0 Å². The van der Waals surface area contributed by atoms with E-state index < -0.39 is 90.7 Å². The van der Waals surface area contributed by atoms with Gasteiger partial charge >= 0.3 is 15.6 Å². The third-order valence-electron chi connectivity index (χ3n) is 7.92. The molecule has 3 heterocycles. The van der Waals surface area contributed by atoms with Crippen molar-refractivity contribution in [3.8, 4) is 0 Å². The van der Waals surface area contributed by atoms with Crippen molar-refractivity contribution in [1.82, 2.24) is 30.2 Å². The summed E-state index contributed by atoms with van der Waals surface area (Å²) in [6, 6.07) is 0. The van der Waals surface area contributed by atoms with Gasteiger partial charge in [0.2, 0.25) is 11.8 Å². The van der Waals surface area contributed by atoms with E-state index >= 15 is 0 Å². The number of anilines is 1. The van der Waals surface area contributed by atoms with E-state index in [0.29, 0.717) is 11.0 Å². The number of nitrogens with zero attached hydrogens (tertiary/aromatic N) is 5. The third kappa shape index (κ3) is 15.8. The molecule has 330 valence electrons. The van der Waals surface area contributed by atoms with Gasteiger partial charge in [-0.2, -0.15) is 0 Å². The molecule has 1 fully saturated rings. The first-order valence-electron chi connectivity index (χ1n) is 17.1. The minimum atomic E-state index is -5.76. The smallest absolute Gasteiger partial charge is 0.478 e. The summed E-state index contributed by atoms with van der Waals surface area (Å²) in [5.74, 6) is -1.30. The molecule has 3 rings (SSSR count). The highest BCUT2D eigenvalue weighted by Gasteiger charge is 2.50. The number of likely N-dealkylation sites (N-methyl/N-ethyl adjacent to an activating group) is 1. The number of nitrogen functional groups attached to an aromatic ring is 1. The van der Waals surface area contributed by atoms with Crippen molar-refractivity contribution in [3.63, 3.8) is 0 Å². The van der Waals surface area contributed by atoms with Crippen molar-refractivity contribution in [2.75, 3.05) is 65.5 Å². The number of carbonyl (C=O) groups excluding carboxylic acids is 3. The Labute approximate surface area is 335 Å². The zero-order chi connectivity index (χ0) is 43.9. The SMILES string of the molecule is CC(C)(COP(=O)([O-])OP(=O)(O)OCC1OC(n2cnc3c(N)ncnc32)C(O)C1OP(=O)(O)O)C(O)C(=O)NCCC(=O)NCCSC(=O)CC(O)C[N+](C)(C)C. The maximum absolute atomic E-state index is 12.6. The first-order chi connectivity index (χ1) is 26.6. The molecule has 0 radical (unpaired) electrons. The Kier molecular flexibility index (Phi) is 17.5. The number of carbonyl (C=O) groups is 3. The van der Waals surface area contributed by atoms with Crippen molar-refractivity contribution in [1.29, 1.82) is 0 Å². The van der Waals surface area contributed by atoms with Crippen LogP contribution in [0.2, 0.25) is 0 Å². The molecule has 0 bridgehead atoms. The second-order valence-corrected chi connectivity index (χ2v) is 19.9. The monoisotopic (exact) mass is 910 g/mol. The van der Waals surface area contributed by atoms with Crippen LogP contribution in [0.4, 0.5) is 5.82 Å². The van der Waals surface area contributed by atoms with E-state index in [4.69, 9.17) is 15.0 Å². The van der Waals surface area contributed by atoms with Crippen molar-refractivity contribution in [2.45, 2.75) is 63.4 Å². The van der Waals surface area contributed by atoms with Crippen LogP contribution in [-0.4, -0.2) is 161 Å². The Morgan fingerprint density at radius 3 is 2.40 bits per heavy atom. The van der Waals surface area contributed by atoms with Crippen LogP contribution in [-0.2, 0) is 50.7 Å². The number of quaternary nitrogens is 1. The van der Waals surface area contributed by atoms with Crippen LogP contribution >= 0.6 is 35.2 Å². The molecule has 8 unspecified atom stereocenters. The quantitative estimate of drug-likeness (QED) is 0.0316. The molecule has 8 atom stereocenters. The summed E-state index contributed by atoms with van der Waals surface area (Å²) in [4.78, 5) is 90.0. The molecule has 30 heteroatoms. The fraction of sp³-hybridized carbons (Fsp3) is 0.714. The molecule has 2 amide bonds. The number of imidazole rings is 1. The number of nitrogens with two attached hydrogens (primary N) is 1. The van der Waals surface area contributed by atoms with Crippen LogP contribution in [0, 0.1) is 5.41 Å². The Hall–Kier alpha value is -2.52. The highest BCUT2D eigenvalue weighted by molar-refractivity contribution is 8.13. The average Bonchev–Trinajstić information content (AvgIpc) is 3.63. The number of aromatic nitrogens is 4. The van der Waals surface area contributed by atoms with E-state index in [-0.39, 0.29) is 53.8 Å². The first kappa shape index (κ1) is 49.8. The normalized spacial score (nSPS) is 22.2. The molecule has 58 heavy (non-hydrogen) atoms. The fourth-order valence-electron chi connectivity index (χ4n) is 5.24. The minimum Gasteiger partial charge on any atom is -0.756 e. The molecular formula is C28H49N8O18P3S. The molecule has 1 aliphatic heterocycles. The number of nitrogens with one attached hydrogen (secondary N) is 2. The molecule has 0 aliphatic carbocycles. The maximum atomic E-state index is 12.6. The lowest BCUT2D eigenvalue weighted by Gasteiger charge is -2.32. The predicted molar refractivity (Wildman–Crippen MR) is 198 cm³/mol. The molecule has 0 spiro atoms. The molecule has 2 aromatic heterocycles. The van der Waals surface area contributed by atoms with Crippen LogP contribution in [0.3, 0.4) is 0 Å². The van der Waals surface area contributed by atoms with Gasteiger partial charge in [0.05, 0.1) is 40.7 Å². The molecule has 10 N–H and O–H groups in total. The van der Waals surface area contributed by atoms with E-state index in [2.05, 4.69) is 38.9 Å². The van der Waals surface area contributed by atoms with Crippen LogP contribution in [0.1, 0.15) is 32.9 Å². The highest BCUT2D eigenvalue weighted by atomic mass is 32.2. The van der Waals surface area contributed by atoms with Gasteiger partial charge in [0.15, 0.2) is 22.8 Å². The predicted octanol–water partition coefficient (Wildman–Crippen LogP) is -2.51. The summed E-state index contributed by atoms with van der Waals surface area (Å²) < 4.78 is 62.1. The largest absolute Gasteiger partial charge is 0.756 e. The average molecular weight is 911 g/mol. The zero-order valence-electron chi connectivity index (χ0n) is 31.9. The topological polar surface area (TPSA) is 387 Å². The van der Waals surface area contributed by atoms with E-state index in [1.165, 1.54) is 13.8 Å². The maximum Gasteiger partial charge on any atom is 0.478 e. The van der Waals surface area contributed by atoms with Crippen LogP contribution in [0.15, 0.2) is 12.7 Å². The molecule has 0 aromatic carbocycles. The van der Waals surface area contributed by atoms with Crippen molar-refractivity contribution in [3.05, 3.63) is 12.7 Å². The number of rotatable bonds is 23. The number of hydrogen-bond donors (Lipinski definition) is 9. The van der Waals surface area contributed by atoms with Gasteiger partial charge in [-0.15, -0.1) is 0 Å². The fourth-order valence-corrected chi connectivity index (χ4v) is 8.77. The van der Waals surface area contributed by atoms with Crippen LogP contribution in [0.25, 0.3) is 11.2 Å². The van der Waals surface area contributed by atoms with E-state index in [1.807, 2.05) is 21.1 Å². The summed E-state index contributed by atoms with van der Waals surface area (Å²) in [6.07, 6.45) is -7.95. The van der Waals surface area contributed by atoms with Gasteiger partial charge in [0.1, 0.15) is 48.9 Å². The lowest BCUT2D eigenvalue weighted by molar-refractivity contribution is -0.873. The second kappa shape index (κ2) is 20.4. The van der Waals surface area contributed by atoms with Crippen LogP contribution < -0.4 is 21.3 Å². The summed E-state index contributed by atoms with van der Waals surface area (Å²) in [7, 11) is -11.1. The number of aliphatic hydroxyl groups is 3. The standard InChI is InChI=1S/C28H49N8O18P3S/c1-28(2,23(41)26(42)31-7-6-18(38)30-8-9-58-19(39)10-16(37)11-36(3,4)5)13-51-57(48,49)54-56(46,47)50-12-17-22(53-55(43,44)45)21(40)27(52-17)35-15-34-20-24(29)32-14-33-25(20)35/h14-17,21-23,27,37,40-41H,6-13H2,1-5H3,(H7-,29,30,31,32,33,38,42,43,44,45,46,47,48,49). The third-order valence-corrected chi connectivity index (χ3v) is 11.9. The van der Waals surface area contributed by atoms with E-state index in [1.54, 1.807) is 0 Å². The van der Waals surface area contributed by atoms with Crippen molar-refractivity contribution < 1.29 is 90.1 Å². The van der Waals surface area contributed by atoms with Crippen LogP contribution in [0.5, 0.6) is 0 Å². The van der Waals surface area contributed by atoms with Gasteiger partial charge in [-0.3, -0.25) is 32.6 Å². The number of fused-ring (bicyclic) bond motifs is 1. The summed E-state index contributed by atoms with van der Waals surface area (Å²) in [6.45, 7) is 0.580. The number of amides is 2. The molecule has 26 nitrogen and oxygen atoms in total. The number of phosphoric ester groups is 3. The number of phosphoric acid groups is 3. The molecule has 2 aromatic rings. The van der Waals surface area contributed by atoms with Gasteiger partial charge in [-0.1, -0.05) is 25.6 Å². The number of thioether (sulfide) groups is 1. The molecule has 1 saturated heterocycles. The first-order valence-corrected chi connectivity index (χ1v) is 22.6. The van der Waals surface area contributed by atoms with Crippen molar-refractivity contribution in [2.24, 2.45) is 5.41 Å². The minimum absolute atomic E-state index is 0.0173. The Morgan fingerprint density at radius 1 is 1.09 bits per heavy atom. The van der Waals surface area contributed by atoms with Gasteiger partial charge in [-0.05, 0) is 0 Å². The van der Waals surface area contributed by atoms with Gasteiger partial charge in [0.25, 0.3) is 7.82 Å².